The van der Waals surface area contributed by atoms with Gasteiger partial charge in [-0.05, 0) is 24.3 Å². The second kappa shape index (κ2) is 8.77. The average Bonchev–Trinajstić information content (AvgIpc) is 3.28. The van der Waals surface area contributed by atoms with Crippen molar-refractivity contribution in [1.82, 2.24) is 10.1 Å². The Labute approximate surface area is 200 Å². The van der Waals surface area contributed by atoms with E-state index in [1.165, 1.54) is 0 Å². The van der Waals surface area contributed by atoms with Crippen molar-refractivity contribution in [2.45, 2.75) is 0 Å². The van der Waals surface area contributed by atoms with Crippen molar-refractivity contribution in [3.05, 3.63) is 70.8 Å². The van der Waals surface area contributed by atoms with E-state index in [4.69, 9.17) is 27.3 Å². The fourth-order valence-corrected chi connectivity index (χ4v) is 6.21. The average molecular weight is 518 g/mol. The van der Waals surface area contributed by atoms with E-state index in [1.807, 2.05) is 0 Å². The normalized spacial score (nSPS) is 28.1. The maximum Gasteiger partial charge on any atom is 0.356 e. The van der Waals surface area contributed by atoms with E-state index >= 15 is 0 Å². The summed E-state index contributed by atoms with van der Waals surface area (Å²) in [5.74, 6) is -2.33. The molecule has 2 aromatic rings. The lowest BCUT2D eigenvalue weighted by Gasteiger charge is -2.41. The summed E-state index contributed by atoms with van der Waals surface area (Å²) in [5.41, 5.74) is 0.319. The van der Waals surface area contributed by atoms with Gasteiger partial charge in [0.1, 0.15) is 0 Å². The summed E-state index contributed by atoms with van der Waals surface area (Å²) < 4.78 is 33.4. The molecule has 2 fully saturated rings. The molecule has 4 aliphatic heterocycles. The Morgan fingerprint density at radius 3 is 1.14 bits per heavy atom. The molecule has 0 N–H and O–H groups in total. The third-order valence-corrected chi connectivity index (χ3v) is 7.67. The van der Waals surface area contributed by atoms with Crippen molar-refractivity contribution in [3.8, 4) is 0 Å². The number of rotatable bonds is 4. The minimum absolute atomic E-state index is 0.109. The van der Waals surface area contributed by atoms with Gasteiger partial charge in [-0.2, -0.15) is 9.25 Å². The summed E-state index contributed by atoms with van der Waals surface area (Å²) in [7, 11) is -4.00. The standard InChI is InChI=1S/C21H16N2O10P2/c24-17-13-5-1-2-6-14(13)18(25)22(17)32-34-28-9-21(10-29-34)11-30-35(31-12-21)33-23-19(26)15-7-3-4-8-16(15)20(23)27/h1-8H,9-12H2. The first-order valence-corrected chi connectivity index (χ1v) is 12.6. The van der Waals surface area contributed by atoms with Crippen LogP contribution in [0.5, 0.6) is 0 Å². The third kappa shape index (κ3) is 3.88. The topological polar surface area (TPSA) is 130 Å². The smallest absolute Gasteiger partial charge is 0.310 e. The number of hydrogen-bond donors (Lipinski definition) is 0. The number of carbonyl (C=O) groups is 4. The van der Waals surface area contributed by atoms with Crippen LogP contribution in [0, 0.1) is 5.41 Å². The van der Waals surface area contributed by atoms with Gasteiger partial charge in [-0.1, -0.05) is 24.3 Å². The maximum atomic E-state index is 12.4. The van der Waals surface area contributed by atoms with Crippen LogP contribution in [0.2, 0.25) is 0 Å². The Morgan fingerprint density at radius 1 is 0.571 bits per heavy atom. The van der Waals surface area contributed by atoms with Crippen molar-refractivity contribution in [3.63, 3.8) is 0 Å². The first kappa shape index (κ1) is 22.8. The highest BCUT2D eigenvalue weighted by Gasteiger charge is 2.48. The Morgan fingerprint density at radius 2 is 0.857 bits per heavy atom. The summed E-state index contributed by atoms with van der Waals surface area (Å²) in [4.78, 5) is 49.8. The first-order chi connectivity index (χ1) is 17.0. The van der Waals surface area contributed by atoms with Crippen LogP contribution < -0.4 is 0 Å². The Balaban J connectivity index is 1.02. The van der Waals surface area contributed by atoms with Gasteiger partial charge in [0.25, 0.3) is 23.6 Å². The van der Waals surface area contributed by atoms with E-state index in [0.29, 0.717) is 10.1 Å². The number of benzene rings is 2. The lowest BCUT2D eigenvalue weighted by Crippen LogP contribution is -2.45. The molecular formula is C21H16N2O10P2. The molecule has 0 saturated carbocycles. The number of nitrogens with zero attached hydrogens (tertiary/aromatic N) is 2. The van der Waals surface area contributed by atoms with Gasteiger partial charge >= 0.3 is 17.2 Å². The second-order valence-corrected chi connectivity index (χ2v) is 10.4. The van der Waals surface area contributed by atoms with Gasteiger partial charge in [0.05, 0.1) is 54.1 Å². The molecule has 6 rings (SSSR count). The molecule has 4 heterocycles. The molecule has 14 heteroatoms. The van der Waals surface area contributed by atoms with Gasteiger partial charge in [-0.25, -0.2) is 0 Å². The zero-order valence-corrected chi connectivity index (χ0v) is 19.6. The molecule has 35 heavy (non-hydrogen) atoms. The summed E-state index contributed by atoms with van der Waals surface area (Å²) in [6.07, 6.45) is 0. The first-order valence-electron chi connectivity index (χ1n) is 10.4. The predicted molar refractivity (Wildman–Crippen MR) is 116 cm³/mol. The Hall–Kier alpha value is -2.66. The Kier molecular flexibility index (Phi) is 5.71. The van der Waals surface area contributed by atoms with Gasteiger partial charge in [0.2, 0.25) is 0 Å². The van der Waals surface area contributed by atoms with Gasteiger partial charge in [0, 0.05) is 0 Å². The highest BCUT2D eigenvalue weighted by molar-refractivity contribution is 7.42. The molecular weight excluding hydrogens is 502 g/mol. The number of hydroxylamine groups is 4. The fourth-order valence-electron chi connectivity index (χ4n) is 3.79. The van der Waals surface area contributed by atoms with E-state index in [9.17, 15) is 19.2 Å². The molecule has 0 aliphatic carbocycles. The molecule has 4 aliphatic rings. The molecule has 2 aromatic carbocycles. The van der Waals surface area contributed by atoms with Crippen LogP contribution in [0.4, 0.5) is 0 Å². The van der Waals surface area contributed by atoms with Crippen molar-refractivity contribution >= 4 is 40.8 Å². The minimum atomic E-state index is -2.00. The SMILES string of the molecule is O=C1c2ccccc2C(=O)N1OP1OCC2(CO1)COP(ON1C(=O)c3ccccc3C1=O)OC2. The molecule has 180 valence electrons. The highest BCUT2D eigenvalue weighted by atomic mass is 31.2. The predicted octanol–water partition coefficient (Wildman–Crippen LogP) is 2.98. The molecule has 0 radical (unpaired) electrons. The quantitative estimate of drug-likeness (QED) is 0.440. The van der Waals surface area contributed by atoms with Crippen molar-refractivity contribution in [2.75, 3.05) is 26.4 Å². The van der Waals surface area contributed by atoms with Crippen molar-refractivity contribution in [1.29, 1.82) is 0 Å². The third-order valence-electron chi connectivity index (χ3n) is 5.71. The van der Waals surface area contributed by atoms with Crippen LogP contribution in [-0.4, -0.2) is 60.2 Å². The van der Waals surface area contributed by atoms with Crippen molar-refractivity contribution in [2.24, 2.45) is 5.41 Å². The summed E-state index contributed by atoms with van der Waals surface area (Å²) in [5, 5.41) is 1.30. The minimum Gasteiger partial charge on any atom is -0.310 e. The summed E-state index contributed by atoms with van der Waals surface area (Å²) in [6, 6.07) is 12.8. The molecule has 4 amide bonds. The molecule has 0 atom stereocenters. The molecule has 1 spiro atoms. The van der Waals surface area contributed by atoms with E-state index < -0.39 is 46.2 Å². The molecule has 0 bridgehead atoms. The van der Waals surface area contributed by atoms with Gasteiger partial charge in [0.15, 0.2) is 0 Å². The van der Waals surface area contributed by atoms with Crippen LogP contribution in [0.15, 0.2) is 48.5 Å². The van der Waals surface area contributed by atoms with Crippen LogP contribution in [-0.2, 0) is 27.3 Å². The van der Waals surface area contributed by atoms with Crippen LogP contribution in [0.25, 0.3) is 0 Å². The van der Waals surface area contributed by atoms with E-state index in [-0.39, 0.29) is 48.7 Å². The molecule has 0 unspecified atom stereocenters. The monoisotopic (exact) mass is 518 g/mol. The molecule has 0 aromatic heterocycles. The Bertz CT molecular complexity index is 1070. The zero-order chi connectivity index (χ0) is 24.2. The van der Waals surface area contributed by atoms with E-state index in [0.717, 1.165) is 0 Å². The summed E-state index contributed by atoms with van der Waals surface area (Å²) >= 11 is 0. The van der Waals surface area contributed by atoms with Gasteiger partial charge < -0.3 is 18.1 Å². The number of amides is 4. The second-order valence-electron chi connectivity index (χ2n) is 8.10. The van der Waals surface area contributed by atoms with Crippen LogP contribution in [0.1, 0.15) is 41.4 Å². The maximum absolute atomic E-state index is 12.4. The van der Waals surface area contributed by atoms with Crippen LogP contribution in [0.3, 0.4) is 0 Å². The lowest BCUT2D eigenvalue weighted by molar-refractivity contribution is -0.107. The van der Waals surface area contributed by atoms with E-state index in [2.05, 4.69) is 0 Å². The van der Waals surface area contributed by atoms with E-state index in [1.54, 1.807) is 48.5 Å². The summed E-state index contributed by atoms with van der Waals surface area (Å²) in [6.45, 7) is 0.437. The highest BCUT2D eigenvalue weighted by Crippen LogP contribution is 2.54. The molecule has 12 nitrogen and oxygen atoms in total. The van der Waals surface area contributed by atoms with Gasteiger partial charge in [-0.15, -0.1) is 10.1 Å². The van der Waals surface area contributed by atoms with Gasteiger partial charge in [-0.3, -0.25) is 19.2 Å². The number of fused-ring (bicyclic) bond motifs is 2. The fraction of sp³-hybridized carbons (Fsp3) is 0.238. The van der Waals surface area contributed by atoms with Crippen LogP contribution >= 0.6 is 17.2 Å². The number of imide groups is 2. The lowest BCUT2D eigenvalue weighted by atomic mass is 9.93. The molecule has 2 saturated heterocycles. The number of carbonyl (C=O) groups excluding carboxylic acids is 4. The largest absolute Gasteiger partial charge is 0.356 e. The van der Waals surface area contributed by atoms with Crippen molar-refractivity contribution < 1.29 is 46.5 Å². The zero-order valence-electron chi connectivity index (χ0n) is 17.8. The number of hydrogen-bond acceptors (Lipinski definition) is 10.